The Morgan fingerprint density at radius 3 is 2.68 bits per heavy atom. The van der Waals surface area contributed by atoms with Crippen LogP contribution >= 0.6 is 0 Å². The SMILES string of the molecule is Cc1nnc2n1CC(C(=O)O)N(C(=O)CCC(C)c1ccccc1)C2. The van der Waals surface area contributed by atoms with Gasteiger partial charge in [-0.1, -0.05) is 37.3 Å². The molecule has 0 aliphatic carbocycles. The third-order valence-electron chi connectivity index (χ3n) is 4.82. The maximum absolute atomic E-state index is 12.7. The summed E-state index contributed by atoms with van der Waals surface area (Å²) >= 11 is 0. The lowest BCUT2D eigenvalue weighted by Gasteiger charge is -2.33. The number of fused-ring (bicyclic) bond motifs is 1. The molecule has 1 aromatic heterocycles. The first-order chi connectivity index (χ1) is 12.0. The summed E-state index contributed by atoms with van der Waals surface area (Å²) in [5.74, 6) is 0.403. The van der Waals surface area contributed by atoms with E-state index in [4.69, 9.17) is 0 Å². The molecular weight excluding hydrogens is 320 g/mol. The van der Waals surface area contributed by atoms with E-state index in [-0.39, 0.29) is 24.9 Å². The molecule has 7 nitrogen and oxygen atoms in total. The lowest BCUT2D eigenvalue weighted by molar-refractivity contribution is -0.152. The number of carbonyl (C=O) groups excluding carboxylic acids is 1. The summed E-state index contributed by atoms with van der Waals surface area (Å²) < 4.78 is 1.77. The van der Waals surface area contributed by atoms with Gasteiger partial charge in [0.15, 0.2) is 5.82 Å². The number of carbonyl (C=O) groups is 2. The fourth-order valence-corrected chi connectivity index (χ4v) is 3.22. The van der Waals surface area contributed by atoms with Gasteiger partial charge in [-0.15, -0.1) is 10.2 Å². The van der Waals surface area contributed by atoms with E-state index in [0.717, 1.165) is 0 Å². The Balaban J connectivity index is 1.69. The van der Waals surface area contributed by atoms with Crippen LogP contribution in [0.3, 0.4) is 0 Å². The number of aliphatic carboxylic acids is 1. The first kappa shape index (κ1) is 17.1. The van der Waals surface area contributed by atoms with E-state index in [0.29, 0.717) is 24.5 Å². The maximum Gasteiger partial charge on any atom is 0.328 e. The van der Waals surface area contributed by atoms with Crippen LogP contribution in [0.4, 0.5) is 0 Å². The summed E-state index contributed by atoms with van der Waals surface area (Å²) in [6.45, 7) is 4.25. The van der Waals surface area contributed by atoms with Crippen LogP contribution in [-0.4, -0.2) is 42.7 Å². The van der Waals surface area contributed by atoms with Crippen LogP contribution in [0.5, 0.6) is 0 Å². The maximum atomic E-state index is 12.7. The summed E-state index contributed by atoms with van der Waals surface area (Å²) in [5, 5.41) is 17.6. The van der Waals surface area contributed by atoms with Crippen LogP contribution < -0.4 is 0 Å². The van der Waals surface area contributed by atoms with Crippen LogP contribution in [0, 0.1) is 6.92 Å². The van der Waals surface area contributed by atoms with Gasteiger partial charge in [0.1, 0.15) is 11.9 Å². The number of carboxylic acids is 1. The molecule has 1 amide bonds. The van der Waals surface area contributed by atoms with Crippen molar-refractivity contribution in [1.29, 1.82) is 0 Å². The highest BCUT2D eigenvalue weighted by Crippen LogP contribution is 2.23. The molecule has 1 aromatic carbocycles. The third kappa shape index (κ3) is 3.55. The number of hydrogen-bond donors (Lipinski definition) is 1. The Morgan fingerprint density at radius 2 is 2.00 bits per heavy atom. The van der Waals surface area contributed by atoms with E-state index in [1.165, 1.54) is 10.5 Å². The van der Waals surface area contributed by atoms with E-state index in [9.17, 15) is 14.7 Å². The first-order valence-corrected chi connectivity index (χ1v) is 8.43. The predicted octanol–water partition coefficient (Wildman–Crippen LogP) is 1.97. The Kier molecular flexibility index (Phi) is 4.83. The monoisotopic (exact) mass is 342 g/mol. The number of aryl methyl sites for hydroxylation is 1. The molecule has 3 rings (SSSR count). The van der Waals surface area contributed by atoms with Gasteiger partial charge in [0.25, 0.3) is 0 Å². The normalized spacial score (nSPS) is 17.8. The molecular formula is C18H22N4O3. The second kappa shape index (κ2) is 7.04. The molecule has 25 heavy (non-hydrogen) atoms. The van der Waals surface area contributed by atoms with Crippen molar-refractivity contribution >= 4 is 11.9 Å². The van der Waals surface area contributed by atoms with Gasteiger partial charge in [-0.2, -0.15) is 0 Å². The van der Waals surface area contributed by atoms with Gasteiger partial charge in [-0.3, -0.25) is 4.79 Å². The average molecular weight is 342 g/mol. The molecule has 2 unspecified atom stereocenters. The molecule has 0 fully saturated rings. The van der Waals surface area contributed by atoms with E-state index in [1.807, 2.05) is 30.3 Å². The zero-order valence-corrected chi connectivity index (χ0v) is 14.4. The van der Waals surface area contributed by atoms with Crippen molar-refractivity contribution in [3.8, 4) is 0 Å². The van der Waals surface area contributed by atoms with Gasteiger partial charge >= 0.3 is 5.97 Å². The fourth-order valence-electron chi connectivity index (χ4n) is 3.22. The van der Waals surface area contributed by atoms with Crippen molar-refractivity contribution in [3.05, 3.63) is 47.5 Å². The zero-order chi connectivity index (χ0) is 18.0. The van der Waals surface area contributed by atoms with Crippen LogP contribution in [0.25, 0.3) is 0 Å². The van der Waals surface area contributed by atoms with Crippen LogP contribution in [0.2, 0.25) is 0 Å². The predicted molar refractivity (Wildman–Crippen MR) is 90.8 cm³/mol. The largest absolute Gasteiger partial charge is 0.480 e. The fraction of sp³-hybridized carbons (Fsp3) is 0.444. The van der Waals surface area contributed by atoms with Crippen LogP contribution in [0.15, 0.2) is 30.3 Å². The molecule has 0 spiro atoms. The number of nitrogens with zero attached hydrogens (tertiary/aromatic N) is 4. The highest BCUT2D eigenvalue weighted by molar-refractivity contribution is 5.83. The Morgan fingerprint density at radius 1 is 1.28 bits per heavy atom. The lowest BCUT2D eigenvalue weighted by atomic mass is 9.96. The van der Waals surface area contributed by atoms with Crippen molar-refractivity contribution in [2.45, 2.75) is 51.7 Å². The molecule has 1 aliphatic rings. The van der Waals surface area contributed by atoms with Crippen molar-refractivity contribution < 1.29 is 14.7 Å². The minimum Gasteiger partial charge on any atom is -0.480 e. The standard InChI is InChI=1S/C18H22N4O3/c1-12(14-6-4-3-5-7-14)8-9-17(23)22-11-16-20-19-13(2)21(16)10-15(22)18(24)25/h3-7,12,15H,8-11H2,1-2H3,(H,24,25). The molecule has 0 saturated carbocycles. The molecule has 0 radical (unpaired) electrons. The average Bonchev–Trinajstić information content (AvgIpc) is 2.99. The summed E-state index contributed by atoms with van der Waals surface area (Å²) in [6.07, 6.45) is 0.990. The highest BCUT2D eigenvalue weighted by Gasteiger charge is 2.36. The summed E-state index contributed by atoms with van der Waals surface area (Å²) in [7, 11) is 0. The number of benzene rings is 1. The minimum absolute atomic E-state index is 0.151. The summed E-state index contributed by atoms with van der Waals surface area (Å²) in [6, 6.07) is 9.14. The zero-order valence-electron chi connectivity index (χ0n) is 14.4. The number of amides is 1. The Hall–Kier alpha value is -2.70. The first-order valence-electron chi connectivity index (χ1n) is 8.43. The highest BCUT2D eigenvalue weighted by atomic mass is 16.4. The van der Waals surface area contributed by atoms with E-state index >= 15 is 0 Å². The number of carboxylic acid groups (broad SMARTS) is 1. The summed E-state index contributed by atoms with van der Waals surface area (Å²) in [4.78, 5) is 25.7. The molecule has 0 bridgehead atoms. The van der Waals surface area contributed by atoms with E-state index in [2.05, 4.69) is 17.1 Å². The smallest absolute Gasteiger partial charge is 0.328 e. The minimum atomic E-state index is -0.997. The van der Waals surface area contributed by atoms with Crippen LogP contribution in [0.1, 0.15) is 42.9 Å². The third-order valence-corrected chi connectivity index (χ3v) is 4.82. The van der Waals surface area contributed by atoms with Gasteiger partial charge in [0.05, 0.1) is 13.1 Å². The van der Waals surface area contributed by atoms with Gasteiger partial charge in [0, 0.05) is 6.42 Å². The summed E-state index contributed by atoms with van der Waals surface area (Å²) in [5.41, 5.74) is 1.18. The molecule has 1 aliphatic heterocycles. The van der Waals surface area contributed by atoms with Gasteiger partial charge < -0.3 is 14.6 Å². The van der Waals surface area contributed by atoms with E-state index < -0.39 is 12.0 Å². The molecule has 2 atom stereocenters. The van der Waals surface area contributed by atoms with Crippen LogP contribution in [-0.2, 0) is 22.7 Å². The molecule has 2 aromatic rings. The Labute approximate surface area is 146 Å². The van der Waals surface area contributed by atoms with Gasteiger partial charge in [-0.25, -0.2) is 4.79 Å². The quantitative estimate of drug-likeness (QED) is 0.897. The van der Waals surface area contributed by atoms with Crippen molar-refractivity contribution in [2.75, 3.05) is 0 Å². The van der Waals surface area contributed by atoms with Crippen molar-refractivity contribution in [2.24, 2.45) is 0 Å². The van der Waals surface area contributed by atoms with Gasteiger partial charge in [-0.05, 0) is 24.8 Å². The number of rotatable bonds is 5. The van der Waals surface area contributed by atoms with Gasteiger partial charge in [0.2, 0.25) is 5.91 Å². The molecule has 1 N–H and O–H groups in total. The molecule has 2 heterocycles. The van der Waals surface area contributed by atoms with E-state index in [1.54, 1.807) is 11.5 Å². The molecule has 7 heteroatoms. The Bertz CT molecular complexity index is 772. The van der Waals surface area contributed by atoms with Crippen molar-refractivity contribution in [1.82, 2.24) is 19.7 Å². The second-order valence-corrected chi connectivity index (χ2v) is 6.50. The van der Waals surface area contributed by atoms with Crippen molar-refractivity contribution in [3.63, 3.8) is 0 Å². The molecule has 0 saturated heterocycles. The second-order valence-electron chi connectivity index (χ2n) is 6.50. The number of aromatic nitrogens is 3. The molecule has 132 valence electrons. The number of hydrogen-bond acceptors (Lipinski definition) is 4. The topological polar surface area (TPSA) is 88.3 Å². The lowest BCUT2D eigenvalue weighted by Crippen LogP contribution is -2.50.